The Kier molecular flexibility index (Phi) is 15.3. The highest BCUT2D eigenvalue weighted by molar-refractivity contribution is 5.95. The van der Waals surface area contributed by atoms with E-state index in [4.69, 9.17) is 27.4 Å². The molecular weight excluding hydrogens is 440 g/mol. The molecule has 0 aromatic carbocycles. The first-order valence-corrected chi connectivity index (χ1v) is 10.7. The van der Waals surface area contributed by atoms with E-state index in [9.17, 15) is 29.1 Å². The number of rotatable bonds is 18. The Bertz CT molecular complexity index is 662. The zero-order chi connectivity index (χ0) is 25.4. The third-order valence-electron chi connectivity index (χ3n) is 4.69. The molecule has 0 spiro atoms. The Morgan fingerprint density at radius 3 is 1.61 bits per heavy atom. The zero-order valence-electron chi connectivity index (χ0n) is 18.5. The van der Waals surface area contributed by atoms with Gasteiger partial charge in [0.2, 0.25) is 17.7 Å². The fraction of sp³-hybridized carbons (Fsp3) is 0.737. The van der Waals surface area contributed by atoms with Gasteiger partial charge in [-0.25, -0.2) is 4.79 Å². The first kappa shape index (κ1) is 30.2. The Morgan fingerprint density at radius 2 is 1.15 bits per heavy atom. The second-order valence-corrected chi connectivity index (χ2v) is 7.48. The van der Waals surface area contributed by atoms with Gasteiger partial charge in [0.05, 0.1) is 13.0 Å². The fourth-order valence-electron chi connectivity index (χ4n) is 2.80. The molecular formula is C19H36N6O8. The van der Waals surface area contributed by atoms with Crippen LogP contribution in [-0.2, 0) is 24.0 Å². The molecule has 14 nitrogen and oxygen atoms in total. The zero-order valence-corrected chi connectivity index (χ0v) is 18.5. The molecule has 4 unspecified atom stereocenters. The molecule has 14 heteroatoms. The highest BCUT2D eigenvalue weighted by Crippen LogP contribution is 2.06. The van der Waals surface area contributed by atoms with E-state index >= 15 is 0 Å². The van der Waals surface area contributed by atoms with Crippen molar-refractivity contribution in [2.75, 3.05) is 19.7 Å². The molecule has 0 heterocycles. The Balaban J connectivity index is 5.43. The summed E-state index contributed by atoms with van der Waals surface area (Å²) in [6.45, 7) is -0.0252. The third kappa shape index (κ3) is 12.7. The summed E-state index contributed by atoms with van der Waals surface area (Å²) in [6, 6.07) is -5.34. The third-order valence-corrected chi connectivity index (χ3v) is 4.69. The highest BCUT2D eigenvalue weighted by atomic mass is 16.4. The topological polar surface area (TPSA) is 260 Å². The predicted molar refractivity (Wildman–Crippen MR) is 117 cm³/mol. The summed E-state index contributed by atoms with van der Waals surface area (Å²) in [4.78, 5) is 59.9. The van der Waals surface area contributed by atoms with Gasteiger partial charge in [0.15, 0.2) is 0 Å². The number of carboxylic acid groups (broad SMARTS) is 2. The summed E-state index contributed by atoms with van der Waals surface area (Å²) in [5.41, 5.74) is 16.2. The maximum Gasteiger partial charge on any atom is 0.326 e. The van der Waals surface area contributed by atoms with Crippen molar-refractivity contribution in [3.05, 3.63) is 0 Å². The molecule has 0 radical (unpaired) electrons. The number of aliphatic hydroxyl groups excluding tert-OH is 1. The van der Waals surface area contributed by atoms with Crippen molar-refractivity contribution in [1.29, 1.82) is 0 Å². The largest absolute Gasteiger partial charge is 0.481 e. The minimum atomic E-state index is -1.57. The molecule has 0 saturated carbocycles. The SMILES string of the molecule is NCCCCC(NC(=O)C(CCCCN)NC(=O)C(CC(=O)O)NC(=O)C(N)CO)C(=O)O. The molecule has 0 rings (SSSR count). The van der Waals surface area contributed by atoms with Crippen LogP contribution in [0.25, 0.3) is 0 Å². The van der Waals surface area contributed by atoms with Crippen LogP contribution in [0.2, 0.25) is 0 Å². The van der Waals surface area contributed by atoms with Gasteiger partial charge in [-0.1, -0.05) is 0 Å². The van der Waals surface area contributed by atoms with Gasteiger partial charge < -0.3 is 48.5 Å². The van der Waals surface area contributed by atoms with E-state index in [2.05, 4.69) is 16.0 Å². The van der Waals surface area contributed by atoms with E-state index in [0.29, 0.717) is 38.8 Å². The standard InChI is InChI=1S/C19H36N6O8/c20-7-3-1-5-12(17(30)24-13(19(32)33)6-2-4-8-21)23-18(31)14(9-15(27)28)25-16(29)11(22)10-26/h11-14,26H,1-10,20-22H2,(H,23,31)(H,24,30)(H,25,29)(H,27,28)(H,32,33). The van der Waals surface area contributed by atoms with Crippen LogP contribution in [-0.4, -0.2) is 88.8 Å². The van der Waals surface area contributed by atoms with E-state index in [1.807, 2.05) is 0 Å². The quantitative estimate of drug-likeness (QED) is 0.0879. The fourth-order valence-corrected chi connectivity index (χ4v) is 2.80. The molecule has 33 heavy (non-hydrogen) atoms. The Labute approximate surface area is 191 Å². The van der Waals surface area contributed by atoms with Crippen LogP contribution in [0, 0.1) is 0 Å². The Morgan fingerprint density at radius 1 is 0.697 bits per heavy atom. The number of unbranched alkanes of at least 4 members (excludes halogenated alkanes) is 2. The highest BCUT2D eigenvalue weighted by Gasteiger charge is 2.31. The van der Waals surface area contributed by atoms with Crippen molar-refractivity contribution in [2.24, 2.45) is 17.2 Å². The van der Waals surface area contributed by atoms with Gasteiger partial charge in [-0.15, -0.1) is 0 Å². The maximum absolute atomic E-state index is 12.7. The molecule has 0 fully saturated rings. The van der Waals surface area contributed by atoms with Crippen molar-refractivity contribution < 1.29 is 39.3 Å². The molecule has 0 saturated heterocycles. The number of aliphatic carboxylic acids is 2. The normalized spacial score (nSPS) is 14.4. The first-order valence-electron chi connectivity index (χ1n) is 10.7. The van der Waals surface area contributed by atoms with E-state index < -0.39 is 66.9 Å². The van der Waals surface area contributed by atoms with Gasteiger partial charge in [0, 0.05) is 0 Å². The molecule has 190 valence electrons. The minimum absolute atomic E-state index is 0.105. The van der Waals surface area contributed by atoms with Gasteiger partial charge in [-0.2, -0.15) is 0 Å². The van der Waals surface area contributed by atoms with Crippen LogP contribution in [0.4, 0.5) is 0 Å². The molecule has 4 atom stereocenters. The summed E-state index contributed by atoms with van der Waals surface area (Å²) in [5.74, 6) is -5.34. The molecule has 0 aliphatic carbocycles. The second-order valence-electron chi connectivity index (χ2n) is 7.48. The lowest BCUT2D eigenvalue weighted by molar-refractivity contribution is -0.143. The van der Waals surface area contributed by atoms with Gasteiger partial charge >= 0.3 is 11.9 Å². The average molecular weight is 477 g/mol. The summed E-state index contributed by atoms with van der Waals surface area (Å²) >= 11 is 0. The molecule has 3 amide bonds. The van der Waals surface area contributed by atoms with Gasteiger partial charge in [0.1, 0.15) is 24.2 Å². The van der Waals surface area contributed by atoms with Crippen LogP contribution >= 0.6 is 0 Å². The molecule has 0 aliphatic heterocycles. The number of nitrogens with one attached hydrogen (secondary N) is 3. The minimum Gasteiger partial charge on any atom is -0.481 e. The summed E-state index contributed by atoms with van der Waals surface area (Å²) in [5, 5.41) is 34.3. The van der Waals surface area contributed by atoms with Gasteiger partial charge in [0.25, 0.3) is 0 Å². The molecule has 12 N–H and O–H groups in total. The number of carboxylic acids is 2. The van der Waals surface area contributed by atoms with Crippen LogP contribution in [0.5, 0.6) is 0 Å². The van der Waals surface area contributed by atoms with E-state index in [1.165, 1.54) is 0 Å². The number of carbonyl (C=O) groups excluding carboxylic acids is 3. The lowest BCUT2D eigenvalue weighted by Crippen LogP contribution is -2.57. The average Bonchev–Trinajstić information content (AvgIpc) is 2.76. The number of aliphatic hydroxyl groups is 1. The number of nitrogens with two attached hydrogens (primary N) is 3. The van der Waals surface area contributed by atoms with Crippen LogP contribution in [0.15, 0.2) is 0 Å². The van der Waals surface area contributed by atoms with Crippen molar-refractivity contribution in [3.63, 3.8) is 0 Å². The van der Waals surface area contributed by atoms with Crippen LogP contribution in [0.1, 0.15) is 44.9 Å². The van der Waals surface area contributed by atoms with Crippen molar-refractivity contribution in [2.45, 2.75) is 69.1 Å². The van der Waals surface area contributed by atoms with Gasteiger partial charge in [-0.05, 0) is 51.6 Å². The summed E-state index contributed by atoms with van der Waals surface area (Å²) < 4.78 is 0. The number of hydrogen-bond acceptors (Lipinski definition) is 9. The predicted octanol–water partition coefficient (Wildman–Crippen LogP) is -3.42. The van der Waals surface area contributed by atoms with Crippen molar-refractivity contribution in [3.8, 4) is 0 Å². The first-order chi connectivity index (χ1) is 15.6. The number of amides is 3. The Hall–Kier alpha value is -2.81. The number of hydrogen-bond donors (Lipinski definition) is 9. The lowest BCUT2D eigenvalue weighted by Gasteiger charge is -2.24. The molecule has 0 aromatic rings. The smallest absolute Gasteiger partial charge is 0.326 e. The number of carbonyl (C=O) groups is 5. The van der Waals surface area contributed by atoms with E-state index in [0.717, 1.165) is 0 Å². The van der Waals surface area contributed by atoms with E-state index in [1.54, 1.807) is 0 Å². The molecule has 0 aromatic heterocycles. The van der Waals surface area contributed by atoms with Crippen molar-refractivity contribution in [1.82, 2.24) is 16.0 Å². The van der Waals surface area contributed by atoms with Crippen LogP contribution < -0.4 is 33.2 Å². The van der Waals surface area contributed by atoms with Crippen molar-refractivity contribution >= 4 is 29.7 Å². The summed E-state index contributed by atoms with van der Waals surface area (Å²) in [6.07, 6.45) is 1.43. The maximum atomic E-state index is 12.7. The monoisotopic (exact) mass is 476 g/mol. The molecule has 0 aliphatic rings. The lowest BCUT2D eigenvalue weighted by atomic mass is 10.0. The molecule has 0 bridgehead atoms. The van der Waals surface area contributed by atoms with Gasteiger partial charge in [-0.3, -0.25) is 19.2 Å². The van der Waals surface area contributed by atoms with Crippen LogP contribution in [0.3, 0.4) is 0 Å². The second kappa shape index (κ2) is 16.8. The summed E-state index contributed by atoms with van der Waals surface area (Å²) in [7, 11) is 0. The van der Waals surface area contributed by atoms with E-state index in [-0.39, 0.29) is 12.8 Å².